The Morgan fingerprint density at radius 3 is 2.34 bits per heavy atom. The smallest absolute Gasteiger partial charge is 0.238 e. The van der Waals surface area contributed by atoms with Crippen LogP contribution in [-0.4, -0.2) is 36.7 Å². The molecule has 1 fully saturated rings. The molecule has 1 saturated heterocycles. The highest BCUT2D eigenvalue weighted by Gasteiger charge is 2.70. The van der Waals surface area contributed by atoms with E-state index in [0.717, 1.165) is 11.3 Å². The number of methoxy groups -OCH3 is 1. The number of halogens is 1. The van der Waals surface area contributed by atoms with Crippen molar-refractivity contribution < 1.29 is 19.1 Å². The minimum absolute atomic E-state index is 0.229. The predicted octanol–water partition coefficient (Wildman–Crippen LogP) is 6.20. The van der Waals surface area contributed by atoms with Crippen molar-refractivity contribution in [1.29, 1.82) is 0 Å². The molecule has 4 aromatic carbocycles. The summed E-state index contributed by atoms with van der Waals surface area (Å²) in [6.07, 6.45) is 3.87. The number of hydrogen-bond acceptors (Lipinski definition) is 5. The Morgan fingerprint density at radius 2 is 1.59 bits per heavy atom. The number of fused-ring (bicyclic) bond motifs is 6. The average Bonchev–Trinajstić information content (AvgIpc) is 3.49. The van der Waals surface area contributed by atoms with Gasteiger partial charge in [0.2, 0.25) is 5.91 Å². The van der Waals surface area contributed by atoms with E-state index in [4.69, 9.17) is 16.3 Å². The van der Waals surface area contributed by atoms with Crippen LogP contribution < -0.4 is 15.0 Å². The Morgan fingerprint density at radius 1 is 0.878 bits per heavy atom. The third kappa shape index (κ3) is 3.60. The van der Waals surface area contributed by atoms with Crippen LogP contribution in [0.3, 0.4) is 0 Å². The zero-order chi connectivity index (χ0) is 28.3. The van der Waals surface area contributed by atoms with Crippen molar-refractivity contribution in [3.8, 4) is 5.75 Å². The number of nitrogens with one attached hydrogen (secondary N) is 1. The highest BCUT2D eigenvalue weighted by molar-refractivity contribution is 6.31. The Balaban J connectivity index is 1.52. The third-order valence-corrected chi connectivity index (χ3v) is 8.81. The maximum absolute atomic E-state index is 14.8. The van der Waals surface area contributed by atoms with Gasteiger partial charge in [-0.15, -0.1) is 0 Å². The average molecular weight is 561 g/mol. The minimum Gasteiger partial charge on any atom is -0.497 e. The van der Waals surface area contributed by atoms with Gasteiger partial charge in [0.05, 0.1) is 19.1 Å². The summed E-state index contributed by atoms with van der Waals surface area (Å²) in [4.78, 5) is 45.7. The van der Waals surface area contributed by atoms with Crippen molar-refractivity contribution in [3.63, 3.8) is 0 Å². The quantitative estimate of drug-likeness (QED) is 0.294. The Labute approximate surface area is 242 Å². The van der Waals surface area contributed by atoms with Crippen LogP contribution in [-0.2, 0) is 10.2 Å². The molecule has 1 spiro atoms. The number of carbonyl (C=O) groups excluding carboxylic acids is 3. The third-order valence-electron chi connectivity index (χ3n) is 8.58. The van der Waals surface area contributed by atoms with E-state index in [1.54, 1.807) is 61.7 Å². The van der Waals surface area contributed by atoms with Gasteiger partial charge in [-0.05, 0) is 59.7 Å². The lowest BCUT2D eigenvalue weighted by Gasteiger charge is -2.37. The van der Waals surface area contributed by atoms with Crippen molar-refractivity contribution in [3.05, 3.63) is 130 Å². The van der Waals surface area contributed by atoms with Crippen LogP contribution in [0.4, 0.5) is 11.4 Å². The van der Waals surface area contributed by atoms with Crippen molar-refractivity contribution >= 4 is 46.5 Å². The molecular formula is C34H25ClN2O4. The Bertz CT molecular complexity index is 1750. The van der Waals surface area contributed by atoms with Crippen LogP contribution in [0.25, 0.3) is 6.08 Å². The summed E-state index contributed by atoms with van der Waals surface area (Å²) in [6.45, 7) is 0. The molecule has 1 N–H and O–H groups in total. The number of amides is 1. The van der Waals surface area contributed by atoms with Crippen LogP contribution in [0.5, 0.6) is 5.75 Å². The SMILES string of the molecule is COc1ccc(C(=O)[C@@H]2[C@H](C(=O)c3ccccc3)N3c4ccc(Cl)cc4C=C[C@H]3[C@@]23C(=O)Nc2ccccc23)cc1. The Kier molecular flexibility index (Phi) is 5.84. The normalized spacial score (nSPS) is 23.5. The van der Waals surface area contributed by atoms with Gasteiger partial charge in [0.25, 0.3) is 0 Å². The maximum atomic E-state index is 14.8. The van der Waals surface area contributed by atoms with E-state index < -0.39 is 23.4 Å². The van der Waals surface area contributed by atoms with Crippen LogP contribution >= 0.6 is 11.6 Å². The summed E-state index contributed by atoms with van der Waals surface area (Å²) in [5, 5.41) is 3.60. The molecule has 3 heterocycles. The molecular weight excluding hydrogens is 536 g/mol. The number of Topliss-reactive ketones (excluding diaryl/α,β-unsaturated/α-hetero) is 2. The van der Waals surface area contributed by atoms with Gasteiger partial charge in [-0.25, -0.2) is 0 Å². The van der Waals surface area contributed by atoms with Crippen molar-refractivity contribution in [2.24, 2.45) is 5.92 Å². The van der Waals surface area contributed by atoms with Gasteiger partial charge in [-0.3, -0.25) is 14.4 Å². The zero-order valence-corrected chi connectivity index (χ0v) is 22.8. The number of anilines is 2. The number of hydrogen-bond donors (Lipinski definition) is 1. The fraction of sp³-hybridized carbons (Fsp3) is 0.147. The zero-order valence-electron chi connectivity index (χ0n) is 22.1. The lowest BCUT2D eigenvalue weighted by Crippen LogP contribution is -2.51. The van der Waals surface area contributed by atoms with Gasteiger partial charge in [0.1, 0.15) is 17.2 Å². The van der Waals surface area contributed by atoms with Gasteiger partial charge in [-0.1, -0.05) is 72.3 Å². The molecule has 7 rings (SSSR count). The van der Waals surface area contributed by atoms with Crippen LogP contribution in [0, 0.1) is 5.92 Å². The van der Waals surface area contributed by atoms with E-state index in [2.05, 4.69) is 5.32 Å². The minimum atomic E-state index is -1.36. The molecule has 4 aromatic rings. The summed E-state index contributed by atoms with van der Waals surface area (Å²) in [5.74, 6) is -1.25. The van der Waals surface area contributed by atoms with Crippen LogP contribution in [0.2, 0.25) is 5.02 Å². The van der Waals surface area contributed by atoms with E-state index in [9.17, 15) is 14.4 Å². The number of para-hydroxylation sites is 1. The molecule has 0 saturated carbocycles. The first-order valence-electron chi connectivity index (χ1n) is 13.4. The number of ether oxygens (including phenoxy) is 1. The van der Waals surface area contributed by atoms with Gasteiger partial charge in [-0.2, -0.15) is 0 Å². The second-order valence-corrected chi connectivity index (χ2v) is 11.0. The van der Waals surface area contributed by atoms with E-state index in [0.29, 0.717) is 33.1 Å². The lowest BCUT2D eigenvalue weighted by molar-refractivity contribution is -0.121. The summed E-state index contributed by atoms with van der Waals surface area (Å²) < 4.78 is 5.32. The van der Waals surface area contributed by atoms with Crippen molar-refractivity contribution in [2.45, 2.75) is 17.5 Å². The van der Waals surface area contributed by atoms with Gasteiger partial charge in [0.15, 0.2) is 11.6 Å². The van der Waals surface area contributed by atoms with Gasteiger partial charge < -0.3 is 15.0 Å². The monoisotopic (exact) mass is 560 g/mol. The maximum Gasteiger partial charge on any atom is 0.238 e. The van der Waals surface area contributed by atoms with Crippen LogP contribution in [0.15, 0.2) is 103 Å². The molecule has 7 heteroatoms. The first-order chi connectivity index (χ1) is 19.9. The van der Waals surface area contributed by atoms with E-state index in [-0.39, 0.29) is 17.5 Å². The molecule has 202 valence electrons. The fourth-order valence-corrected chi connectivity index (χ4v) is 7.04. The molecule has 0 unspecified atom stereocenters. The van der Waals surface area contributed by atoms with Gasteiger partial charge >= 0.3 is 0 Å². The fourth-order valence-electron chi connectivity index (χ4n) is 6.86. The van der Waals surface area contributed by atoms with Gasteiger partial charge in [0, 0.05) is 27.5 Å². The summed E-state index contributed by atoms with van der Waals surface area (Å²) in [5.41, 5.74) is 2.43. The molecule has 0 aliphatic carbocycles. The largest absolute Gasteiger partial charge is 0.497 e. The number of benzene rings is 4. The molecule has 0 aromatic heterocycles. The number of carbonyl (C=O) groups is 3. The first-order valence-corrected chi connectivity index (χ1v) is 13.8. The lowest BCUT2D eigenvalue weighted by atomic mass is 9.64. The molecule has 6 nitrogen and oxygen atoms in total. The second kappa shape index (κ2) is 9.46. The van der Waals surface area contributed by atoms with E-state index >= 15 is 0 Å². The van der Waals surface area contributed by atoms with E-state index in [1.807, 2.05) is 59.5 Å². The Hall–Kier alpha value is -4.68. The molecule has 3 aliphatic heterocycles. The van der Waals surface area contributed by atoms with Crippen molar-refractivity contribution in [1.82, 2.24) is 0 Å². The number of rotatable bonds is 5. The predicted molar refractivity (Wildman–Crippen MR) is 159 cm³/mol. The first kappa shape index (κ1) is 25.3. The summed E-state index contributed by atoms with van der Waals surface area (Å²) in [7, 11) is 1.56. The highest BCUT2D eigenvalue weighted by Crippen LogP contribution is 2.58. The molecule has 1 amide bonds. The van der Waals surface area contributed by atoms with E-state index in [1.165, 1.54) is 0 Å². The molecule has 41 heavy (non-hydrogen) atoms. The molecule has 4 atom stereocenters. The standard InChI is InChI=1S/C34H25ClN2O4/c1-41-24-15-11-21(12-16-24)31(38)29-30(32(39)20-7-3-2-4-8-20)37-27-17-14-23(35)19-22(27)13-18-28(37)34(29)25-9-5-6-10-26(25)36-33(34)40/h2-19,28-30H,1H3,(H,36,40)/t28-,29-,30+,34+/m0/s1. The topological polar surface area (TPSA) is 75.7 Å². The van der Waals surface area contributed by atoms with Crippen molar-refractivity contribution in [2.75, 3.05) is 17.3 Å². The summed E-state index contributed by atoms with van der Waals surface area (Å²) >= 11 is 6.36. The molecule has 0 bridgehead atoms. The highest BCUT2D eigenvalue weighted by atomic mass is 35.5. The second-order valence-electron chi connectivity index (χ2n) is 10.5. The molecule has 3 aliphatic rings. The summed E-state index contributed by atoms with van der Waals surface area (Å²) in [6, 6.07) is 27.1. The number of nitrogens with zero attached hydrogens (tertiary/aromatic N) is 1. The van der Waals surface area contributed by atoms with Crippen LogP contribution in [0.1, 0.15) is 31.8 Å². The number of ketones is 2. The molecule has 0 radical (unpaired) electrons.